The van der Waals surface area contributed by atoms with E-state index in [1.54, 1.807) is 6.33 Å². The highest BCUT2D eigenvalue weighted by Gasteiger charge is 2.21. The summed E-state index contributed by atoms with van der Waals surface area (Å²) in [6.07, 6.45) is 4.96. The van der Waals surface area contributed by atoms with Crippen molar-refractivity contribution in [2.24, 2.45) is 11.8 Å². The van der Waals surface area contributed by atoms with Crippen molar-refractivity contribution in [3.8, 4) is 0 Å². The number of rotatable bonds is 7. The van der Waals surface area contributed by atoms with Gasteiger partial charge in [0.25, 0.3) is 0 Å². The van der Waals surface area contributed by atoms with Gasteiger partial charge in [0.2, 0.25) is 0 Å². The number of likely N-dealkylation sites (N-methyl/N-ethyl adjacent to an activating group) is 1. The Bertz CT molecular complexity index is 371. The fourth-order valence-electron chi connectivity index (χ4n) is 2.64. The number of hydrogen-bond acceptors (Lipinski definition) is 4. The molecule has 1 aliphatic rings. The minimum atomic E-state index is 0.460. The van der Waals surface area contributed by atoms with Crippen LogP contribution in [0.2, 0.25) is 0 Å². The summed E-state index contributed by atoms with van der Waals surface area (Å²) >= 11 is 0. The van der Waals surface area contributed by atoms with Crippen LogP contribution in [0.25, 0.3) is 0 Å². The van der Waals surface area contributed by atoms with Crippen molar-refractivity contribution < 1.29 is 4.74 Å². The van der Waals surface area contributed by atoms with E-state index in [9.17, 15) is 0 Å². The molecule has 5 heteroatoms. The van der Waals surface area contributed by atoms with Gasteiger partial charge in [-0.05, 0) is 31.7 Å². The van der Waals surface area contributed by atoms with Crippen LogP contribution in [0.15, 0.2) is 6.33 Å². The molecule has 2 atom stereocenters. The molecule has 1 aliphatic heterocycles. The van der Waals surface area contributed by atoms with Gasteiger partial charge in [-0.15, -0.1) is 0 Å². The van der Waals surface area contributed by atoms with E-state index < -0.39 is 0 Å². The van der Waals surface area contributed by atoms with Gasteiger partial charge in [0.1, 0.15) is 12.2 Å². The van der Waals surface area contributed by atoms with Crippen molar-refractivity contribution in [2.45, 2.75) is 45.7 Å². The van der Waals surface area contributed by atoms with Crippen molar-refractivity contribution in [1.29, 1.82) is 0 Å². The summed E-state index contributed by atoms with van der Waals surface area (Å²) in [4.78, 5) is 4.41. The Kier molecular flexibility index (Phi) is 5.34. The molecule has 0 bridgehead atoms. The molecular formula is C14H26N4O. The topological polar surface area (TPSA) is 52.0 Å². The largest absolute Gasteiger partial charge is 0.381 e. The van der Waals surface area contributed by atoms with E-state index in [-0.39, 0.29) is 0 Å². The van der Waals surface area contributed by atoms with Crippen molar-refractivity contribution in [2.75, 3.05) is 20.3 Å². The predicted octanol–water partition coefficient (Wildman–Crippen LogP) is 1.49. The van der Waals surface area contributed by atoms with E-state index in [4.69, 9.17) is 4.74 Å². The molecule has 0 aromatic carbocycles. The number of ether oxygens (including phenoxy) is 1. The van der Waals surface area contributed by atoms with Crippen LogP contribution in [0.4, 0.5) is 0 Å². The lowest BCUT2D eigenvalue weighted by molar-refractivity contribution is 0.181. The van der Waals surface area contributed by atoms with Gasteiger partial charge in [0, 0.05) is 32.2 Å². The Morgan fingerprint density at radius 2 is 2.37 bits per heavy atom. The first-order chi connectivity index (χ1) is 9.19. The first-order valence-electron chi connectivity index (χ1n) is 7.30. The summed E-state index contributed by atoms with van der Waals surface area (Å²) in [5, 5.41) is 7.74. The fourth-order valence-corrected chi connectivity index (χ4v) is 2.64. The lowest BCUT2D eigenvalue weighted by Gasteiger charge is -2.19. The molecule has 1 aromatic rings. The SMILES string of the molecule is CNC(Cc1ncnn1CC(C)C)CC1CCOC1. The summed E-state index contributed by atoms with van der Waals surface area (Å²) < 4.78 is 7.49. The third kappa shape index (κ3) is 4.28. The molecule has 0 amide bonds. The molecule has 0 radical (unpaired) electrons. The van der Waals surface area contributed by atoms with Gasteiger partial charge in [0.15, 0.2) is 0 Å². The molecular weight excluding hydrogens is 240 g/mol. The zero-order chi connectivity index (χ0) is 13.7. The van der Waals surface area contributed by atoms with Crippen LogP contribution in [0, 0.1) is 11.8 Å². The maximum atomic E-state index is 5.45. The standard InChI is InChI=1S/C14H26N4O/c1-11(2)8-18-14(16-10-17-18)7-13(15-3)6-12-4-5-19-9-12/h10-13,15H,4-9H2,1-3H3. The molecule has 0 spiro atoms. The minimum Gasteiger partial charge on any atom is -0.381 e. The Morgan fingerprint density at radius 3 is 3.00 bits per heavy atom. The molecule has 108 valence electrons. The summed E-state index contributed by atoms with van der Waals surface area (Å²) in [5.74, 6) is 2.38. The normalized spacial score (nSPS) is 21.2. The van der Waals surface area contributed by atoms with Crippen LogP contribution in [0.3, 0.4) is 0 Å². The molecule has 2 unspecified atom stereocenters. The van der Waals surface area contributed by atoms with E-state index in [0.717, 1.165) is 38.4 Å². The van der Waals surface area contributed by atoms with Crippen LogP contribution in [-0.2, 0) is 17.7 Å². The van der Waals surface area contributed by atoms with E-state index in [0.29, 0.717) is 17.9 Å². The highest BCUT2D eigenvalue weighted by atomic mass is 16.5. The second-order valence-corrected chi connectivity index (χ2v) is 5.91. The summed E-state index contributed by atoms with van der Waals surface area (Å²) in [6.45, 7) is 7.19. The molecule has 0 aliphatic carbocycles. The maximum Gasteiger partial charge on any atom is 0.138 e. The zero-order valence-corrected chi connectivity index (χ0v) is 12.3. The Morgan fingerprint density at radius 1 is 1.53 bits per heavy atom. The van der Waals surface area contributed by atoms with Crippen molar-refractivity contribution in [1.82, 2.24) is 20.1 Å². The highest BCUT2D eigenvalue weighted by molar-refractivity contribution is 4.91. The summed E-state index contributed by atoms with van der Waals surface area (Å²) in [5.41, 5.74) is 0. The second-order valence-electron chi connectivity index (χ2n) is 5.91. The maximum absolute atomic E-state index is 5.45. The van der Waals surface area contributed by atoms with Crippen molar-refractivity contribution in [3.05, 3.63) is 12.2 Å². The Labute approximate surface area is 115 Å². The number of nitrogens with one attached hydrogen (secondary N) is 1. The Hall–Kier alpha value is -0.940. The number of nitrogens with zero attached hydrogens (tertiary/aromatic N) is 3. The predicted molar refractivity (Wildman–Crippen MR) is 75.0 cm³/mol. The molecule has 5 nitrogen and oxygen atoms in total. The van der Waals surface area contributed by atoms with Gasteiger partial charge in [-0.25, -0.2) is 9.67 Å². The second kappa shape index (κ2) is 7.01. The van der Waals surface area contributed by atoms with E-state index in [2.05, 4.69) is 29.2 Å². The summed E-state index contributed by atoms with van der Waals surface area (Å²) in [7, 11) is 2.03. The molecule has 2 heterocycles. The van der Waals surface area contributed by atoms with Crippen molar-refractivity contribution in [3.63, 3.8) is 0 Å². The van der Waals surface area contributed by atoms with Gasteiger partial charge in [0.05, 0.1) is 0 Å². The van der Waals surface area contributed by atoms with Crippen LogP contribution < -0.4 is 5.32 Å². The first kappa shape index (κ1) is 14.5. The quantitative estimate of drug-likeness (QED) is 0.812. The first-order valence-corrected chi connectivity index (χ1v) is 7.30. The number of hydrogen-bond donors (Lipinski definition) is 1. The van der Waals surface area contributed by atoms with Crippen LogP contribution in [-0.4, -0.2) is 41.1 Å². The summed E-state index contributed by atoms with van der Waals surface area (Å²) in [6, 6.07) is 0.460. The fraction of sp³-hybridized carbons (Fsp3) is 0.857. The molecule has 1 fully saturated rings. The third-order valence-electron chi connectivity index (χ3n) is 3.71. The van der Waals surface area contributed by atoms with E-state index >= 15 is 0 Å². The number of aromatic nitrogens is 3. The minimum absolute atomic E-state index is 0.460. The molecule has 19 heavy (non-hydrogen) atoms. The lowest BCUT2D eigenvalue weighted by atomic mass is 9.97. The molecule has 0 saturated carbocycles. The molecule has 1 N–H and O–H groups in total. The van der Waals surface area contributed by atoms with E-state index in [1.807, 2.05) is 11.7 Å². The van der Waals surface area contributed by atoms with Gasteiger partial charge in [-0.2, -0.15) is 5.10 Å². The van der Waals surface area contributed by atoms with Crippen LogP contribution >= 0.6 is 0 Å². The average molecular weight is 266 g/mol. The zero-order valence-electron chi connectivity index (χ0n) is 12.3. The van der Waals surface area contributed by atoms with Crippen molar-refractivity contribution >= 4 is 0 Å². The van der Waals surface area contributed by atoms with Crippen LogP contribution in [0.5, 0.6) is 0 Å². The monoisotopic (exact) mass is 266 g/mol. The smallest absolute Gasteiger partial charge is 0.138 e. The molecule has 1 aromatic heterocycles. The van der Waals surface area contributed by atoms with Gasteiger partial charge < -0.3 is 10.1 Å². The molecule has 2 rings (SSSR count). The highest BCUT2D eigenvalue weighted by Crippen LogP contribution is 2.19. The van der Waals surface area contributed by atoms with Gasteiger partial charge >= 0.3 is 0 Å². The third-order valence-corrected chi connectivity index (χ3v) is 3.71. The van der Waals surface area contributed by atoms with Crippen LogP contribution in [0.1, 0.15) is 32.5 Å². The van der Waals surface area contributed by atoms with E-state index in [1.165, 1.54) is 6.42 Å². The average Bonchev–Trinajstić information content (AvgIpc) is 3.00. The van der Waals surface area contributed by atoms with Gasteiger partial charge in [-0.1, -0.05) is 13.8 Å². The lowest BCUT2D eigenvalue weighted by Crippen LogP contribution is -2.31. The van der Waals surface area contributed by atoms with Gasteiger partial charge in [-0.3, -0.25) is 0 Å². The molecule has 1 saturated heterocycles. The Balaban J connectivity index is 1.91.